The van der Waals surface area contributed by atoms with Gasteiger partial charge in [-0.1, -0.05) is 6.42 Å². The molecule has 1 N–H and O–H groups in total. The first-order valence-electron chi connectivity index (χ1n) is 3.67. The number of hydrogen-bond donors (Lipinski definition) is 1. The molecule has 0 radical (unpaired) electrons. The Kier molecular flexibility index (Phi) is 1.24. The molecule has 2 rings (SSSR count). The number of rotatable bonds is 0. The van der Waals surface area contributed by atoms with Crippen LogP contribution in [0.2, 0.25) is 0 Å². The van der Waals surface area contributed by atoms with Crippen molar-refractivity contribution in [2.45, 2.75) is 31.5 Å². The quantitative estimate of drug-likeness (QED) is 0.516. The van der Waals surface area contributed by atoms with Gasteiger partial charge in [0.15, 0.2) is 0 Å². The number of aliphatic hydroxyl groups is 1. The van der Waals surface area contributed by atoms with Crippen molar-refractivity contribution in [3.63, 3.8) is 0 Å². The standard InChI is InChI=1S/C7H12O2/c8-6-4-9-7-3-1-2-5(6)7/h5-8H,1-4H2/t5-,6?,7-/m0/s1. The van der Waals surface area contributed by atoms with Gasteiger partial charge in [-0.2, -0.15) is 0 Å². The molecule has 2 fully saturated rings. The monoisotopic (exact) mass is 128 g/mol. The van der Waals surface area contributed by atoms with Crippen LogP contribution in [-0.2, 0) is 4.74 Å². The van der Waals surface area contributed by atoms with E-state index < -0.39 is 0 Å². The van der Waals surface area contributed by atoms with Crippen LogP contribution in [0.5, 0.6) is 0 Å². The molecule has 1 aliphatic heterocycles. The summed E-state index contributed by atoms with van der Waals surface area (Å²) in [5, 5.41) is 9.27. The second kappa shape index (κ2) is 1.96. The van der Waals surface area contributed by atoms with Crippen LogP contribution in [0, 0.1) is 5.92 Å². The highest BCUT2D eigenvalue weighted by Gasteiger charge is 2.38. The minimum absolute atomic E-state index is 0.155. The molecule has 0 amide bonds. The largest absolute Gasteiger partial charge is 0.390 e. The topological polar surface area (TPSA) is 29.5 Å². The van der Waals surface area contributed by atoms with E-state index >= 15 is 0 Å². The highest BCUT2D eigenvalue weighted by atomic mass is 16.5. The molecule has 52 valence electrons. The lowest BCUT2D eigenvalue weighted by molar-refractivity contribution is 0.0861. The van der Waals surface area contributed by atoms with E-state index in [1.165, 1.54) is 19.3 Å². The van der Waals surface area contributed by atoms with Crippen molar-refractivity contribution in [1.82, 2.24) is 0 Å². The van der Waals surface area contributed by atoms with E-state index in [1.54, 1.807) is 0 Å². The van der Waals surface area contributed by atoms with Crippen molar-refractivity contribution in [2.24, 2.45) is 5.92 Å². The molecule has 1 saturated carbocycles. The average molecular weight is 128 g/mol. The molecule has 2 heteroatoms. The smallest absolute Gasteiger partial charge is 0.0826 e. The average Bonchev–Trinajstić information content (AvgIpc) is 2.35. The summed E-state index contributed by atoms with van der Waals surface area (Å²) in [6, 6.07) is 0. The Morgan fingerprint density at radius 2 is 2.22 bits per heavy atom. The minimum Gasteiger partial charge on any atom is -0.390 e. The van der Waals surface area contributed by atoms with Crippen molar-refractivity contribution in [2.75, 3.05) is 6.61 Å². The van der Waals surface area contributed by atoms with Crippen LogP contribution >= 0.6 is 0 Å². The lowest BCUT2D eigenvalue weighted by Gasteiger charge is -2.08. The normalized spacial score (nSPS) is 49.7. The summed E-state index contributed by atoms with van der Waals surface area (Å²) in [6.45, 7) is 0.579. The molecular weight excluding hydrogens is 116 g/mol. The van der Waals surface area contributed by atoms with Crippen molar-refractivity contribution in [3.8, 4) is 0 Å². The molecule has 3 atom stereocenters. The molecule has 1 heterocycles. The maximum absolute atomic E-state index is 9.27. The van der Waals surface area contributed by atoms with Crippen molar-refractivity contribution in [1.29, 1.82) is 0 Å². The molecule has 0 aromatic heterocycles. The Bertz CT molecular complexity index is 113. The molecule has 0 aromatic carbocycles. The minimum atomic E-state index is -0.155. The molecule has 2 aliphatic rings. The summed E-state index contributed by atoms with van der Waals surface area (Å²) in [5.74, 6) is 0.477. The third kappa shape index (κ3) is 0.775. The lowest BCUT2D eigenvalue weighted by Crippen LogP contribution is -2.18. The SMILES string of the molecule is OC1CO[C@H]2CCC[C@@H]12. The van der Waals surface area contributed by atoms with Gasteiger partial charge < -0.3 is 9.84 Å². The van der Waals surface area contributed by atoms with Crippen molar-refractivity contribution in [3.05, 3.63) is 0 Å². The summed E-state index contributed by atoms with van der Waals surface area (Å²) >= 11 is 0. The Hall–Kier alpha value is -0.0800. The van der Waals surface area contributed by atoms with Gasteiger partial charge in [-0.15, -0.1) is 0 Å². The number of aliphatic hydroxyl groups excluding tert-OH is 1. The molecular formula is C7H12O2. The Labute approximate surface area is 54.8 Å². The molecule has 1 saturated heterocycles. The third-order valence-corrected chi connectivity index (χ3v) is 2.48. The van der Waals surface area contributed by atoms with Crippen LogP contribution in [0.15, 0.2) is 0 Å². The predicted molar refractivity (Wildman–Crippen MR) is 33.1 cm³/mol. The number of ether oxygens (including phenoxy) is 1. The Morgan fingerprint density at radius 3 is 3.00 bits per heavy atom. The van der Waals surface area contributed by atoms with Gasteiger partial charge in [0, 0.05) is 5.92 Å². The van der Waals surface area contributed by atoms with E-state index in [-0.39, 0.29) is 6.10 Å². The first-order valence-corrected chi connectivity index (χ1v) is 3.67. The van der Waals surface area contributed by atoms with Crippen LogP contribution in [0.4, 0.5) is 0 Å². The zero-order chi connectivity index (χ0) is 6.27. The van der Waals surface area contributed by atoms with Gasteiger partial charge >= 0.3 is 0 Å². The summed E-state index contributed by atoms with van der Waals surface area (Å²) in [7, 11) is 0. The van der Waals surface area contributed by atoms with E-state index in [1.807, 2.05) is 0 Å². The van der Waals surface area contributed by atoms with Crippen LogP contribution in [0.3, 0.4) is 0 Å². The zero-order valence-corrected chi connectivity index (χ0v) is 5.42. The maximum atomic E-state index is 9.27. The third-order valence-electron chi connectivity index (χ3n) is 2.48. The first kappa shape index (κ1) is 5.69. The summed E-state index contributed by atoms with van der Waals surface area (Å²) < 4.78 is 5.34. The fourth-order valence-electron chi connectivity index (χ4n) is 1.95. The first-order chi connectivity index (χ1) is 4.38. The second-order valence-electron chi connectivity index (χ2n) is 3.03. The molecule has 0 aromatic rings. The van der Waals surface area contributed by atoms with Gasteiger partial charge in [-0.05, 0) is 12.8 Å². The fraction of sp³-hybridized carbons (Fsp3) is 1.00. The lowest BCUT2D eigenvalue weighted by atomic mass is 10.0. The van der Waals surface area contributed by atoms with E-state index in [0.29, 0.717) is 18.6 Å². The predicted octanol–water partition coefficient (Wildman–Crippen LogP) is 0.546. The highest BCUT2D eigenvalue weighted by Crippen LogP contribution is 2.35. The zero-order valence-electron chi connectivity index (χ0n) is 5.42. The van der Waals surface area contributed by atoms with Crippen LogP contribution < -0.4 is 0 Å². The molecule has 1 unspecified atom stereocenters. The van der Waals surface area contributed by atoms with Gasteiger partial charge in [-0.3, -0.25) is 0 Å². The van der Waals surface area contributed by atoms with E-state index in [0.717, 1.165) is 0 Å². The maximum Gasteiger partial charge on any atom is 0.0826 e. The fourth-order valence-corrected chi connectivity index (χ4v) is 1.95. The van der Waals surface area contributed by atoms with E-state index in [4.69, 9.17) is 4.74 Å². The molecule has 9 heavy (non-hydrogen) atoms. The van der Waals surface area contributed by atoms with Crippen LogP contribution in [-0.4, -0.2) is 23.9 Å². The molecule has 0 bridgehead atoms. The highest BCUT2D eigenvalue weighted by molar-refractivity contribution is 4.88. The summed E-state index contributed by atoms with van der Waals surface area (Å²) in [4.78, 5) is 0. The molecule has 0 spiro atoms. The van der Waals surface area contributed by atoms with Gasteiger partial charge in [0.2, 0.25) is 0 Å². The number of hydrogen-bond acceptors (Lipinski definition) is 2. The van der Waals surface area contributed by atoms with E-state index in [2.05, 4.69) is 0 Å². The Balaban J connectivity index is 2.07. The van der Waals surface area contributed by atoms with Gasteiger partial charge in [0.25, 0.3) is 0 Å². The van der Waals surface area contributed by atoms with Crippen LogP contribution in [0.25, 0.3) is 0 Å². The summed E-state index contributed by atoms with van der Waals surface area (Å²) in [6.07, 6.45) is 3.83. The molecule has 1 aliphatic carbocycles. The Morgan fingerprint density at radius 1 is 1.33 bits per heavy atom. The van der Waals surface area contributed by atoms with Crippen molar-refractivity contribution < 1.29 is 9.84 Å². The van der Waals surface area contributed by atoms with E-state index in [9.17, 15) is 5.11 Å². The molecule has 2 nitrogen and oxygen atoms in total. The van der Waals surface area contributed by atoms with Crippen LogP contribution in [0.1, 0.15) is 19.3 Å². The summed E-state index contributed by atoms with van der Waals surface area (Å²) in [5.41, 5.74) is 0. The van der Waals surface area contributed by atoms with Gasteiger partial charge in [0.1, 0.15) is 0 Å². The van der Waals surface area contributed by atoms with Gasteiger partial charge in [-0.25, -0.2) is 0 Å². The number of fused-ring (bicyclic) bond motifs is 1. The van der Waals surface area contributed by atoms with Gasteiger partial charge in [0.05, 0.1) is 18.8 Å². The van der Waals surface area contributed by atoms with Crippen molar-refractivity contribution >= 4 is 0 Å². The second-order valence-corrected chi connectivity index (χ2v) is 3.03.